The Bertz CT molecular complexity index is 1130. The van der Waals surface area contributed by atoms with Crippen molar-refractivity contribution >= 4 is 22.9 Å². The van der Waals surface area contributed by atoms with Crippen molar-refractivity contribution in [3.05, 3.63) is 59.7 Å². The summed E-state index contributed by atoms with van der Waals surface area (Å²) in [5, 5.41) is 22.0. The highest BCUT2D eigenvalue weighted by atomic mass is 16.1. The molecule has 0 N–H and O–H groups in total. The van der Waals surface area contributed by atoms with Crippen LogP contribution in [0, 0.1) is 10.8 Å². The zero-order valence-electron chi connectivity index (χ0n) is 24.0. The van der Waals surface area contributed by atoms with Crippen molar-refractivity contribution in [1.82, 2.24) is 19.8 Å². The van der Waals surface area contributed by atoms with Gasteiger partial charge >= 0.3 is 0 Å². The van der Waals surface area contributed by atoms with Crippen molar-refractivity contribution in [2.24, 2.45) is 31.5 Å². The predicted molar refractivity (Wildman–Crippen MR) is 151 cm³/mol. The van der Waals surface area contributed by atoms with Crippen LogP contribution in [0.25, 0.3) is 0 Å². The van der Waals surface area contributed by atoms with E-state index in [4.69, 9.17) is 0 Å². The van der Waals surface area contributed by atoms with E-state index in [1.807, 2.05) is 34.3 Å². The van der Waals surface area contributed by atoms with Gasteiger partial charge in [0.25, 0.3) is 0 Å². The fraction of sp³-hybridized carbons (Fsp3) is 0.517. The van der Waals surface area contributed by atoms with Crippen molar-refractivity contribution in [2.75, 3.05) is 46.2 Å². The van der Waals surface area contributed by atoms with E-state index in [1.54, 1.807) is 38.1 Å². The molecule has 0 amide bonds. The lowest BCUT2D eigenvalue weighted by Crippen LogP contribution is -2.58. The lowest BCUT2D eigenvalue weighted by Gasteiger charge is -2.47. The van der Waals surface area contributed by atoms with Crippen molar-refractivity contribution in [3.63, 3.8) is 0 Å². The van der Waals surface area contributed by atoms with Gasteiger partial charge in [-0.25, -0.2) is 0 Å². The van der Waals surface area contributed by atoms with E-state index < -0.39 is 0 Å². The van der Waals surface area contributed by atoms with Gasteiger partial charge in [-0.05, 0) is 73.2 Å². The Labute approximate surface area is 231 Å². The van der Waals surface area contributed by atoms with Crippen molar-refractivity contribution < 1.29 is 9.59 Å². The molecule has 0 radical (unpaired) electrons. The topological polar surface area (TPSA) is 96.5 Å². The minimum atomic E-state index is 0.0381. The number of Topliss-reactive ketones (excluding diaryl/α,β-unsaturated/α-hetero) is 2. The van der Waals surface area contributed by atoms with Crippen LogP contribution in [0.4, 0.5) is 11.4 Å². The van der Waals surface area contributed by atoms with Gasteiger partial charge in [0, 0.05) is 37.3 Å². The fourth-order valence-electron chi connectivity index (χ4n) is 5.31. The molecule has 208 valence electrons. The maximum atomic E-state index is 11.5. The van der Waals surface area contributed by atoms with E-state index in [1.165, 1.54) is 0 Å². The molecule has 0 unspecified atom stereocenters. The Morgan fingerprint density at radius 3 is 1.33 bits per heavy atom. The molecule has 0 bridgehead atoms. The molecule has 10 nitrogen and oxygen atoms in total. The maximum Gasteiger partial charge on any atom is 0.159 e. The van der Waals surface area contributed by atoms with Gasteiger partial charge < -0.3 is 0 Å². The Morgan fingerprint density at radius 1 is 0.641 bits per heavy atom. The van der Waals surface area contributed by atoms with Gasteiger partial charge in [-0.2, -0.15) is 0 Å². The monoisotopic (exact) mass is 532 g/mol. The summed E-state index contributed by atoms with van der Waals surface area (Å²) < 4.78 is 0. The summed E-state index contributed by atoms with van der Waals surface area (Å²) in [5.41, 5.74) is 2.89. The smallest absolute Gasteiger partial charge is 0.159 e. The molecular weight excluding hydrogens is 492 g/mol. The fourth-order valence-corrected chi connectivity index (χ4v) is 5.31. The first-order valence-corrected chi connectivity index (χ1v) is 13.4. The van der Waals surface area contributed by atoms with Crippen LogP contribution in [0.15, 0.2) is 69.2 Å². The van der Waals surface area contributed by atoms with Gasteiger partial charge in [-0.15, -0.1) is 10.2 Å². The number of hydrogen-bond acceptors (Lipinski definition) is 8. The standard InChI is InChI=1S/C29H40N8O2/c1-22(38)24-7-11-26(12-8-24)30-32-36-17-28(3,4)15-34(20-36)19-35-16-29(5,6)18-37(21-35)33-31-27-13-9-25(10-14-27)23(2)39/h7-14H,15-21H2,1-6H3. The Hall–Kier alpha value is -3.50. The molecule has 0 saturated carbocycles. The highest BCUT2D eigenvalue weighted by molar-refractivity contribution is 5.94. The highest BCUT2D eigenvalue weighted by Gasteiger charge is 2.35. The molecule has 39 heavy (non-hydrogen) atoms. The summed E-state index contributed by atoms with van der Waals surface area (Å²) in [4.78, 5) is 27.9. The molecular formula is C29H40N8O2. The minimum Gasteiger partial charge on any atom is -0.295 e. The van der Waals surface area contributed by atoms with E-state index in [2.05, 4.69) is 58.2 Å². The number of carbonyl (C=O) groups is 2. The Kier molecular flexibility index (Phi) is 8.56. The lowest BCUT2D eigenvalue weighted by molar-refractivity contribution is -0.0654. The van der Waals surface area contributed by atoms with Crippen LogP contribution < -0.4 is 0 Å². The van der Waals surface area contributed by atoms with Crippen molar-refractivity contribution in [2.45, 2.75) is 41.5 Å². The molecule has 2 aromatic carbocycles. The summed E-state index contributed by atoms with van der Waals surface area (Å²) in [7, 11) is 0. The number of hydrogen-bond donors (Lipinski definition) is 0. The summed E-state index contributed by atoms with van der Waals surface area (Å²) in [5.74, 6) is 0.0762. The molecule has 2 aliphatic rings. The zero-order chi connectivity index (χ0) is 28.2. The van der Waals surface area contributed by atoms with E-state index in [0.29, 0.717) is 24.5 Å². The number of benzene rings is 2. The van der Waals surface area contributed by atoms with E-state index in [0.717, 1.165) is 44.2 Å². The predicted octanol–water partition coefficient (Wildman–Crippen LogP) is 5.95. The third-order valence-electron chi connectivity index (χ3n) is 6.77. The first-order chi connectivity index (χ1) is 18.4. The van der Waals surface area contributed by atoms with Gasteiger partial charge in [0.1, 0.15) is 0 Å². The van der Waals surface area contributed by atoms with Gasteiger partial charge in [-0.3, -0.25) is 29.4 Å². The van der Waals surface area contributed by atoms with Crippen LogP contribution in [-0.2, 0) is 0 Å². The maximum absolute atomic E-state index is 11.5. The summed E-state index contributed by atoms with van der Waals surface area (Å²) in [6, 6.07) is 14.4. The molecule has 0 aromatic heterocycles. The molecule has 0 spiro atoms. The van der Waals surface area contributed by atoms with Crippen LogP contribution in [0.3, 0.4) is 0 Å². The van der Waals surface area contributed by atoms with Gasteiger partial charge in [0.15, 0.2) is 11.6 Å². The molecule has 2 aromatic rings. The normalized spacial score (nSPS) is 20.2. The second-order valence-corrected chi connectivity index (χ2v) is 12.3. The van der Waals surface area contributed by atoms with Gasteiger partial charge in [0.05, 0.1) is 31.4 Å². The third kappa shape index (κ3) is 8.24. The van der Waals surface area contributed by atoms with Crippen LogP contribution >= 0.6 is 0 Å². The van der Waals surface area contributed by atoms with Crippen LogP contribution in [0.5, 0.6) is 0 Å². The molecule has 4 rings (SSSR count). The van der Waals surface area contributed by atoms with E-state index >= 15 is 0 Å². The SMILES string of the molecule is CC(=O)c1ccc(N=NN2CN(CN3CN(N=Nc4ccc(C(C)=O)cc4)CC(C)(C)C3)CC(C)(C)C2)cc1. The Balaban J connectivity index is 1.39. The largest absolute Gasteiger partial charge is 0.295 e. The molecule has 2 heterocycles. The van der Waals surface area contributed by atoms with Gasteiger partial charge in [-0.1, -0.05) is 38.1 Å². The quantitative estimate of drug-likeness (QED) is 0.308. The molecule has 10 heteroatoms. The molecule has 0 aliphatic carbocycles. The molecule has 2 fully saturated rings. The number of rotatable bonds is 8. The molecule has 2 saturated heterocycles. The average molecular weight is 533 g/mol. The van der Waals surface area contributed by atoms with Crippen LogP contribution in [0.1, 0.15) is 62.3 Å². The second kappa shape index (κ2) is 11.7. The Morgan fingerprint density at radius 2 is 1.00 bits per heavy atom. The van der Waals surface area contributed by atoms with E-state index in [9.17, 15) is 9.59 Å². The summed E-state index contributed by atoms with van der Waals surface area (Å²) in [6.45, 7) is 17.8. The summed E-state index contributed by atoms with van der Waals surface area (Å²) >= 11 is 0. The van der Waals surface area contributed by atoms with Crippen molar-refractivity contribution in [1.29, 1.82) is 0 Å². The lowest BCUT2D eigenvalue weighted by atomic mass is 9.90. The second-order valence-electron chi connectivity index (χ2n) is 12.3. The number of ketones is 2. The average Bonchev–Trinajstić information content (AvgIpc) is 2.85. The zero-order valence-corrected chi connectivity index (χ0v) is 24.0. The van der Waals surface area contributed by atoms with Crippen molar-refractivity contribution in [3.8, 4) is 0 Å². The third-order valence-corrected chi connectivity index (χ3v) is 6.77. The first-order valence-electron chi connectivity index (χ1n) is 13.4. The summed E-state index contributed by atoms with van der Waals surface area (Å²) in [6.07, 6.45) is 0. The number of carbonyl (C=O) groups excluding carboxylic acids is 2. The number of nitrogens with zero attached hydrogens (tertiary/aromatic N) is 8. The van der Waals surface area contributed by atoms with Gasteiger partial charge in [0.2, 0.25) is 0 Å². The first kappa shape index (κ1) is 28.5. The molecule has 0 atom stereocenters. The minimum absolute atomic E-state index is 0.0381. The highest BCUT2D eigenvalue weighted by Crippen LogP contribution is 2.29. The van der Waals surface area contributed by atoms with Crippen LogP contribution in [-0.4, -0.2) is 77.6 Å². The van der Waals surface area contributed by atoms with E-state index in [-0.39, 0.29) is 22.4 Å². The molecule has 2 aliphatic heterocycles. The van der Waals surface area contributed by atoms with Crippen LogP contribution in [0.2, 0.25) is 0 Å².